The lowest BCUT2D eigenvalue weighted by Gasteiger charge is -2.13. The van der Waals surface area contributed by atoms with E-state index in [1.807, 2.05) is 19.4 Å². The number of hydrogen-bond donors (Lipinski definition) is 1. The molecule has 2 aromatic heterocycles. The minimum absolute atomic E-state index is 0.377. The highest BCUT2D eigenvalue weighted by molar-refractivity contribution is 14.1. The standard InChI is InChI=1S/C11H12INOS/c1-13-10(4-8-2-3-14-6-8)9-5-11(12)15-7-9/h2-3,5-7,10,13H,4H2,1H3. The third kappa shape index (κ3) is 2.83. The van der Waals surface area contributed by atoms with Crippen LogP contribution in [0.25, 0.3) is 0 Å². The molecule has 2 nitrogen and oxygen atoms in total. The zero-order valence-corrected chi connectivity index (χ0v) is 11.3. The van der Waals surface area contributed by atoms with E-state index in [2.05, 4.69) is 39.4 Å². The van der Waals surface area contributed by atoms with Crippen LogP contribution >= 0.6 is 33.9 Å². The summed E-state index contributed by atoms with van der Waals surface area (Å²) in [6, 6.07) is 4.62. The van der Waals surface area contributed by atoms with Crippen molar-refractivity contribution >= 4 is 33.9 Å². The minimum atomic E-state index is 0.377. The van der Waals surface area contributed by atoms with Gasteiger partial charge in [-0.3, -0.25) is 0 Å². The van der Waals surface area contributed by atoms with Crippen molar-refractivity contribution in [2.45, 2.75) is 12.5 Å². The molecule has 0 radical (unpaired) electrons. The quantitative estimate of drug-likeness (QED) is 0.867. The van der Waals surface area contributed by atoms with E-state index in [0.29, 0.717) is 6.04 Å². The molecule has 0 aliphatic rings. The predicted molar refractivity (Wildman–Crippen MR) is 71.2 cm³/mol. The minimum Gasteiger partial charge on any atom is -0.472 e. The van der Waals surface area contributed by atoms with Crippen molar-refractivity contribution < 1.29 is 4.42 Å². The molecule has 1 N–H and O–H groups in total. The number of rotatable bonds is 4. The fraction of sp³-hybridized carbons (Fsp3) is 0.273. The van der Waals surface area contributed by atoms with Crippen molar-refractivity contribution in [1.82, 2.24) is 5.32 Å². The van der Waals surface area contributed by atoms with Crippen LogP contribution in [0.1, 0.15) is 17.2 Å². The average molecular weight is 333 g/mol. The van der Waals surface area contributed by atoms with Gasteiger partial charge >= 0.3 is 0 Å². The van der Waals surface area contributed by atoms with Gasteiger partial charge in [-0.1, -0.05) is 0 Å². The lowest BCUT2D eigenvalue weighted by Crippen LogP contribution is -2.17. The fourth-order valence-electron chi connectivity index (χ4n) is 1.54. The van der Waals surface area contributed by atoms with Gasteiger partial charge in [0.05, 0.1) is 15.4 Å². The Morgan fingerprint density at radius 2 is 2.47 bits per heavy atom. The summed E-state index contributed by atoms with van der Waals surface area (Å²) in [5.74, 6) is 0. The molecule has 0 spiro atoms. The Morgan fingerprint density at radius 1 is 1.60 bits per heavy atom. The summed E-state index contributed by atoms with van der Waals surface area (Å²) in [5, 5.41) is 5.54. The second-order valence-electron chi connectivity index (χ2n) is 3.36. The first kappa shape index (κ1) is 11.2. The van der Waals surface area contributed by atoms with Gasteiger partial charge < -0.3 is 9.73 Å². The van der Waals surface area contributed by atoms with Crippen LogP contribution in [0, 0.1) is 2.88 Å². The zero-order chi connectivity index (χ0) is 10.7. The molecule has 4 heteroatoms. The molecule has 0 aromatic carbocycles. The maximum Gasteiger partial charge on any atom is 0.0935 e. The van der Waals surface area contributed by atoms with Crippen LogP contribution in [-0.2, 0) is 6.42 Å². The van der Waals surface area contributed by atoms with E-state index in [9.17, 15) is 0 Å². The summed E-state index contributed by atoms with van der Waals surface area (Å²) in [7, 11) is 2.00. The van der Waals surface area contributed by atoms with E-state index in [0.717, 1.165) is 6.42 Å². The molecule has 1 atom stereocenters. The van der Waals surface area contributed by atoms with E-state index in [-0.39, 0.29) is 0 Å². The molecule has 80 valence electrons. The molecule has 0 amide bonds. The van der Waals surface area contributed by atoms with Crippen molar-refractivity contribution in [2.24, 2.45) is 0 Å². The Kier molecular flexibility index (Phi) is 3.82. The monoisotopic (exact) mass is 333 g/mol. The molecular formula is C11H12INOS. The SMILES string of the molecule is CNC(Cc1ccoc1)c1csc(I)c1. The molecule has 2 heterocycles. The molecule has 1 unspecified atom stereocenters. The van der Waals surface area contributed by atoms with Crippen molar-refractivity contribution in [3.8, 4) is 0 Å². The van der Waals surface area contributed by atoms with Gasteiger partial charge in [-0.05, 0) is 64.7 Å². The van der Waals surface area contributed by atoms with E-state index in [4.69, 9.17) is 4.42 Å². The highest BCUT2D eigenvalue weighted by Crippen LogP contribution is 2.24. The smallest absolute Gasteiger partial charge is 0.0935 e. The summed E-state index contributed by atoms with van der Waals surface area (Å²) in [5.41, 5.74) is 2.59. The van der Waals surface area contributed by atoms with Crippen LogP contribution < -0.4 is 5.32 Å². The molecule has 0 bridgehead atoms. The summed E-state index contributed by atoms with van der Waals surface area (Å²) >= 11 is 4.14. The lowest BCUT2D eigenvalue weighted by atomic mass is 10.0. The molecule has 0 aliphatic carbocycles. The Bertz CT molecular complexity index is 410. The van der Waals surface area contributed by atoms with Gasteiger partial charge in [0, 0.05) is 6.04 Å². The van der Waals surface area contributed by atoms with Gasteiger partial charge in [0.1, 0.15) is 0 Å². The molecular weight excluding hydrogens is 321 g/mol. The first-order chi connectivity index (χ1) is 7.29. The number of hydrogen-bond acceptors (Lipinski definition) is 3. The lowest BCUT2D eigenvalue weighted by molar-refractivity contribution is 0.552. The number of thiophene rings is 1. The highest BCUT2D eigenvalue weighted by Gasteiger charge is 2.12. The van der Waals surface area contributed by atoms with E-state index in [1.54, 1.807) is 17.6 Å². The number of nitrogens with one attached hydrogen (secondary N) is 1. The maximum absolute atomic E-state index is 5.07. The van der Waals surface area contributed by atoms with Gasteiger partial charge in [-0.25, -0.2) is 0 Å². The van der Waals surface area contributed by atoms with Crippen LogP contribution in [-0.4, -0.2) is 7.05 Å². The largest absolute Gasteiger partial charge is 0.472 e. The first-order valence-electron chi connectivity index (χ1n) is 4.72. The van der Waals surface area contributed by atoms with Crippen molar-refractivity contribution in [2.75, 3.05) is 7.05 Å². The topological polar surface area (TPSA) is 25.2 Å². The first-order valence-corrected chi connectivity index (χ1v) is 6.67. The van der Waals surface area contributed by atoms with Crippen LogP contribution in [0.15, 0.2) is 34.5 Å². The summed E-state index contributed by atoms with van der Waals surface area (Å²) in [4.78, 5) is 0. The van der Waals surface area contributed by atoms with Crippen LogP contribution in [0.5, 0.6) is 0 Å². The van der Waals surface area contributed by atoms with Gasteiger partial charge in [0.2, 0.25) is 0 Å². The van der Waals surface area contributed by atoms with Gasteiger partial charge in [0.15, 0.2) is 0 Å². The van der Waals surface area contributed by atoms with E-state index < -0.39 is 0 Å². The Hall–Kier alpha value is -0.330. The molecule has 2 aromatic rings. The Labute approximate surface area is 107 Å². The Balaban J connectivity index is 2.11. The second kappa shape index (κ2) is 5.14. The van der Waals surface area contributed by atoms with Gasteiger partial charge in [-0.15, -0.1) is 11.3 Å². The zero-order valence-electron chi connectivity index (χ0n) is 8.37. The van der Waals surface area contributed by atoms with Gasteiger partial charge in [0.25, 0.3) is 0 Å². The fourth-order valence-corrected chi connectivity index (χ4v) is 2.96. The molecule has 2 rings (SSSR count). The van der Waals surface area contributed by atoms with Crippen LogP contribution in [0.2, 0.25) is 0 Å². The third-order valence-corrected chi connectivity index (χ3v) is 4.17. The van der Waals surface area contributed by atoms with Crippen LogP contribution in [0.3, 0.4) is 0 Å². The maximum atomic E-state index is 5.07. The normalized spacial score (nSPS) is 12.9. The van der Waals surface area contributed by atoms with E-state index >= 15 is 0 Å². The summed E-state index contributed by atoms with van der Waals surface area (Å²) in [6.45, 7) is 0. The van der Waals surface area contributed by atoms with Crippen LogP contribution in [0.4, 0.5) is 0 Å². The molecule has 0 saturated carbocycles. The second-order valence-corrected chi connectivity index (χ2v) is 6.17. The molecule has 0 fully saturated rings. The third-order valence-electron chi connectivity index (χ3n) is 2.36. The number of furan rings is 1. The number of halogens is 1. The molecule has 15 heavy (non-hydrogen) atoms. The van der Waals surface area contributed by atoms with Crippen molar-refractivity contribution in [1.29, 1.82) is 0 Å². The summed E-state index contributed by atoms with van der Waals surface area (Å²) < 4.78 is 6.40. The van der Waals surface area contributed by atoms with Gasteiger partial charge in [-0.2, -0.15) is 0 Å². The Morgan fingerprint density at radius 3 is 3.00 bits per heavy atom. The van der Waals surface area contributed by atoms with Crippen molar-refractivity contribution in [3.05, 3.63) is 44.0 Å². The predicted octanol–water partition coefficient (Wildman–Crippen LogP) is 3.45. The van der Waals surface area contributed by atoms with Crippen molar-refractivity contribution in [3.63, 3.8) is 0 Å². The number of likely N-dealkylation sites (N-methyl/N-ethyl adjacent to an activating group) is 1. The molecule has 0 saturated heterocycles. The van der Waals surface area contributed by atoms with E-state index in [1.165, 1.54) is 14.0 Å². The molecule has 0 aliphatic heterocycles. The highest BCUT2D eigenvalue weighted by atomic mass is 127. The summed E-state index contributed by atoms with van der Waals surface area (Å²) in [6.07, 6.45) is 4.50. The average Bonchev–Trinajstić information content (AvgIpc) is 2.85.